The van der Waals surface area contributed by atoms with Crippen LogP contribution >= 0.6 is 0 Å². The molecular weight excluding hydrogens is 314 g/mol. The van der Waals surface area contributed by atoms with Crippen molar-refractivity contribution in [3.05, 3.63) is 42.2 Å². The highest BCUT2D eigenvalue weighted by atomic mass is 16.6. The molecule has 0 spiro atoms. The lowest BCUT2D eigenvalue weighted by Gasteiger charge is -2.14. The first-order valence-corrected chi connectivity index (χ1v) is 7.61. The number of nitrogens with zero attached hydrogens (tertiary/aromatic N) is 3. The molecule has 3 aromatic rings. The van der Waals surface area contributed by atoms with Crippen molar-refractivity contribution < 1.29 is 24.5 Å². The summed E-state index contributed by atoms with van der Waals surface area (Å²) in [6.45, 7) is 1.47. The monoisotopic (exact) mass is 331 g/mol. The van der Waals surface area contributed by atoms with Crippen molar-refractivity contribution in [1.82, 2.24) is 14.6 Å². The Bertz CT molecular complexity index is 860. The zero-order chi connectivity index (χ0) is 16.8. The summed E-state index contributed by atoms with van der Waals surface area (Å²) in [7, 11) is 0. The van der Waals surface area contributed by atoms with Gasteiger partial charge in [0.15, 0.2) is 0 Å². The maximum Gasteiger partial charge on any atom is 0.136 e. The molecule has 4 heterocycles. The van der Waals surface area contributed by atoms with Gasteiger partial charge >= 0.3 is 0 Å². The van der Waals surface area contributed by atoms with Gasteiger partial charge in [-0.15, -0.1) is 0 Å². The number of fused-ring (bicyclic) bond motifs is 1. The van der Waals surface area contributed by atoms with Crippen LogP contribution in [0.15, 0.2) is 35.2 Å². The smallest absolute Gasteiger partial charge is 0.136 e. The van der Waals surface area contributed by atoms with E-state index in [1.807, 2.05) is 13.0 Å². The van der Waals surface area contributed by atoms with Crippen molar-refractivity contribution in [3.8, 4) is 11.3 Å². The van der Waals surface area contributed by atoms with E-state index in [2.05, 4.69) is 10.1 Å². The highest BCUT2D eigenvalue weighted by molar-refractivity contribution is 5.80. The lowest BCUT2D eigenvalue weighted by molar-refractivity contribution is -0.0244. The molecule has 1 saturated heterocycles. The fourth-order valence-electron chi connectivity index (χ4n) is 3.18. The third kappa shape index (κ3) is 2.15. The van der Waals surface area contributed by atoms with Crippen molar-refractivity contribution >= 4 is 5.52 Å². The summed E-state index contributed by atoms with van der Waals surface area (Å²) in [5.74, 6) is 0.642. The Kier molecular flexibility index (Phi) is 3.61. The van der Waals surface area contributed by atoms with Gasteiger partial charge in [-0.1, -0.05) is 0 Å². The molecule has 126 valence electrons. The molecule has 24 heavy (non-hydrogen) atoms. The minimum absolute atomic E-state index is 0.378. The molecule has 0 aliphatic carbocycles. The second-order valence-corrected chi connectivity index (χ2v) is 5.82. The van der Waals surface area contributed by atoms with E-state index in [0.717, 1.165) is 16.8 Å². The molecular formula is C16H17N3O5. The molecule has 0 saturated carbocycles. The third-order valence-electron chi connectivity index (χ3n) is 4.39. The number of hydrogen-bond acceptors (Lipinski definition) is 7. The molecule has 3 N–H and O–H groups in total. The molecule has 1 aliphatic heterocycles. The third-order valence-corrected chi connectivity index (χ3v) is 4.39. The van der Waals surface area contributed by atoms with Gasteiger partial charge in [0.1, 0.15) is 36.5 Å². The van der Waals surface area contributed by atoms with E-state index in [-0.39, 0.29) is 6.61 Å². The maximum atomic E-state index is 10.3. The molecule has 0 bridgehead atoms. The Labute approximate surface area is 136 Å². The predicted molar refractivity (Wildman–Crippen MR) is 82.1 cm³/mol. The van der Waals surface area contributed by atoms with Gasteiger partial charge in [-0.05, 0) is 25.1 Å². The molecule has 3 aromatic heterocycles. The number of hydrogen-bond donors (Lipinski definition) is 3. The Hall–Kier alpha value is -2.26. The van der Waals surface area contributed by atoms with Crippen molar-refractivity contribution in [2.24, 2.45) is 0 Å². The second-order valence-electron chi connectivity index (χ2n) is 5.82. The number of furan rings is 1. The van der Waals surface area contributed by atoms with Crippen LogP contribution in [0, 0.1) is 6.92 Å². The van der Waals surface area contributed by atoms with Gasteiger partial charge in [0.25, 0.3) is 0 Å². The summed E-state index contributed by atoms with van der Waals surface area (Å²) in [6, 6.07) is 5.41. The van der Waals surface area contributed by atoms with Crippen LogP contribution in [0.2, 0.25) is 0 Å². The number of ether oxygens (including phenoxy) is 1. The molecule has 1 fully saturated rings. The Morgan fingerprint density at radius 2 is 2.12 bits per heavy atom. The zero-order valence-electron chi connectivity index (χ0n) is 12.9. The van der Waals surface area contributed by atoms with Crippen LogP contribution in [-0.4, -0.2) is 54.8 Å². The topological polar surface area (TPSA) is 113 Å². The average Bonchev–Trinajstić information content (AvgIpc) is 3.28. The zero-order valence-corrected chi connectivity index (χ0v) is 12.9. The first-order valence-electron chi connectivity index (χ1n) is 7.61. The Balaban J connectivity index is 1.90. The van der Waals surface area contributed by atoms with E-state index in [9.17, 15) is 15.3 Å². The summed E-state index contributed by atoms with van der Waals surface area (Å²) in [5, 5.41) is 33.9. The molecule has 4 atom stereocenters. The van der Waals surface area contributed by atoms with E-state index in [4.69, 9.17) is 9.15 Å². The van der Waals surface area contributed by atoms with Crippen molar-refractivity contribution in [1.29, 1.82) is 0 Å². The van der Waals surface area contributed by atoms with Crippen LogP contribution in [-0.2, 0) is 4.74 Å². The SMILES string of the molecule is Cc1ncnn2c([C@H]3O[C@H](CO)[C@@H](O)[C@H]3O)cc(-c3ccco3)c12. The van der Waals surface area contributed by atoms with E-state index < -0.39 is 24.4 Å². The van der Waals surface area contributed by atoms with Crippen LogP contribution in [0.1, 0.15) is 17.5 Å². The number of aromatic nitrogens is 3. The van der Waals surface area contributed by atoms with Gasteiger partial charge in [0, 0.05) is 5.56 Å². The molecule has 0 aromatic carbocycles. The highest BCUT2D eigenvalue weighted by Gasteiger charge is 2.44. The standard InChI is InChI=1S/C16H17N3O5/c1-8-13-9(11-3-2-4-23-11)5-10(19(13)18-7-17-8)16-15(22)14(21)12(6-20)24-16/h2-5,7,12,14-16,20-22H,6H2,1H3/t12-,14-,15-,16-/m1/s1. The van der Waals surface area contributed by atoms with E-state index >= 15 is 0 Å². The number of rotatable bonds is 3. The average molecular weight is 331 g/mol. The van der Waals surface area contributed by atoms with Crippen LogP contribution in [0.25, 0.3) is 16.8 Å². The number of aryl methyl sites for hydroxylation is 1. The summed E-state index contributed by atoms with van der Waals surface area (Å²) >= 11 is 0. The van der Waals surface area contributed by atoms with Gasteiger partial charge < -0.3 is 24.5 Å². The van der Waals surface area contributed by atoms with E-state index in [1.54, 1.807) is 22.9 Å². The largest absolute Gasteiger partial charge is 0.464 e. The van der Waals surface area contributed by atoms with Crippen molar-refractivity contribution in [2.75, 3.05) is 6.61 Å². The van der Waals surface area contributed by atoms with Crippen LogP contribution in [0.5, 0.6) is 0 Å². The minimum atomic E-state index is -1.17. The van der Waals surface area contributed by atoms with Gasteiger partial charge in [-0.3, -0.25) is 0 Å². The summed E-state index contributed by atoms with van der Waals surface area (Å²) in [6.07, 6.45) is -1.00. The maximum absolute atomic E-state index is 10.3. The summed E-state index contributed by atoms with van der Waals surface area (Å²) in [5.41, 5.74) is 2.81. The Morgan fingerprint density at radius 1 is 1.29 bits per heavy atom. The quantitative estimate of drug-likeness (QED) is 0.638. The lowest BCUT2D eigenvalue weighted by atomic mass is 10.1. The predicted octanol–water partition coefficient (Wildman–Crippen LogP) is 0.452. The molecule has 1 aliphatic rings. The lowest BCUT2D eigenvalue weighted by Crippen LogP contribution is -2.32. The highest BCUT2D eigenvalue weighted by Crippen LogP contribution is 2.38. The second kappa shape index (κ2) is 5.67. The van der Waals surface area contributed by atoms with Gasteiger partial charge in [-0.25, -0.2) is 9.50 Å². The molecule has 0 unspecified atom stereocenters. The van der Waals surface area contributed by atoms with Crippen molar-refractivity contribution in [3.63, 3.8) is 0 Å². The molecule has 4 rings (SSSR count). The van der Waals surface area contributed by atoms with Gasteiger partial charge in [0.2, 0.25) is 0 Å². The molecule has 0 amide bonds. The van der Waals surface area contributed by atoms with E-state index in [1.165, 1.54) is 6.33 Å². The van der Waals surface area contributed by atoms with Crippen LogP contribution in [0.3, 0.4) is 0 Å². The van der Waals surface area contributed by atoms with E-state index in [0.29, 0.717) is 11.5 Å². The first kappa shape index (κ1) is 15.3. The molecule has 8 heteroatoms. The minimum Gasteiger partial charge on any atom is -0.464 e. The van der Waals surface area contributed by atoms with Crippen LogP contribution in [0.4, 0.5) is 0 Å². The molecule has 0 radical (unpaired) electrons. The Morgan fingerprint density at radius 3 is 2.79 bits per heavy atom. The number of aliphatic hydroxyl groups excluding tert-OH is 3. The first-order chi connectivity index (χ1) is 11.6. The fourth-order valence-corrected chi connectivity index (χ4v) is 3.18. The van der Waals surface area contributed by atoms with Crippen molar-refractivity contribution in [2.45, 2.75) is 31.3 Å². The summed E-state index contributed by atoms with van der Waals surface area (Å²) < 4.78 is 12.8. The normalized spacial score (nSPS) is 27.2. The fraction of sp³-hybridized carbons (Fsp3) is 0.375. The van der Waals surface area contributed by atoms with Gasteiger partial charge in [-0.2, -0.15) is 5.10 Å². The van der Waals surface area contributed by atoms with Gasteiger partial charge in [0.05, 0.1) is 29.8 Å². The number of aliphatic hydroxyl groups is 3. The van der Waals surface area contributed by atoms with Crippen LogP contribution < -0.4 is 0 Å². The molecule has 8 nitrogen and oxygen atoms in total. The summed E-state index contributed by atoms with van der Waals surface area (Å²) in [4.78, 5) is 4.22.